The van der Waals surface area contributed by atoms with E-state index >= 15 is 0 Å². The molecule has 0 aromatic heterocycles. The normalized spacial score (nSPS) is 14.7. The number of alkyl halides is 3. The largest absolute Gasteiger partial charge is 0.349 e. The zero-order valence-corrected chi connectivity index (χ0v) is 5.67. The minimum Gasteiger partial charge on any atom is -0.302 e. The smallest absolute Gasteiger partial charge is 0.302 e. The van der Waals surface area contributed by atoms with Crippen LogP contribution in [0.25, 0.3) is 0 Å². The molecule has 2 nitrogen and oxygen atoms in total. The molecule has 0 saturated carbocycles. The van der Waals surface area contributed by atoms with Crippen molar-refractivity contribution in [3.05, 3.63) is 0 Å². The lowest BCUT2D eigenvalue weighted by molar-refractivity contribution is -0.105. The average Bonchev–Trinajstić information content (AvgIpc) is 1.89. The summed E-state index contributed by atoms with van der Waals surface area (Å²) < 4.78 is 45.3. The van der Waals surface area contributed by atoms with Crippen LogP contribution in [0.5, 0.6) is 0 Å². The molecule has 1 atom stereocenters. The fraction of sp³-hybridized carbons (Fsp3) is 0.750. The Morgan fingerprint density at radius 2 is 2.00 bits per heavy atom. The lowest BCUT2D eigenvalue weighted by Gasteiger charge is -2.07. The molecule has 0 fully saturated rings. The van der Waals surface area contributed by atoms with Gasteiger partial charge in [0.2, 0.25) is 0 Å². The van der Waals surface area contributed by atoms with Gasteiger partial charge in [0.25, 0.3) is 0 Å². The number of hydrogen-bond acceptors (Lipinski definition) is 2. The summed E-state index contributed by atoms with van der Waals surface area (Å²) in [6.07, 6.45) is 0.0691. The number of carbonyl (C=O) groups is 1. The Balaban J connectivity index is 4.03. The van der Waals surface area contributed by atoms with Crippen molar-refractivity contribution in [2.24, 2.45) is 0 Å². The predicted octanol–water partition coefficient (Wildman–Crippen LogP) is 0.496. The number of rotatable bonds is 4. The molecule has 60 valence electrons. The molecule has 0 rings (SSSR count). The molecule has 0 amide bonds. The molecule has 0 aliphatic carbocycles. The maximum Gasteiger partial charge on any atom is 0.349 e. The van der Waals surface area contributed by atoms with Gasteiger partial charge in [-0.25, -0.2) is 4.39 Å². The molecular formula is C4H5F3O2S. The van der Waals surface area contributed by atoms with Gasteiger partial charge in [0.15, 0.2) is 6.67 Å². The van der Waals surface area contributed by atoms with Crippen molar-refractivity contribution in [1.29, 1.82) is 0 Å². The topological polar surface area (TPSA) is 34.1 Å². The molecule has 0 aromatic rings. The van der Waals surface area contributed by atoms with Gasteiger partial charge in [0.1, 0.15) is 17.1 Å². The van der Waals surface area contributed by atoms with Crippen molar-refractivity contribution in [3.8, 4) is 0 Å². The highest BCUT2D eigenvalue weighted by Crippen LogP contribution is 2.18. The lowest BCUT2D eigenvalue weighted by atomic mass is 10.8. The monoisotopic (exact) mass is 174 g/mol. The summed E-state index contributed by atoms with van der Waals surface area (Å²) in [4.78, 5) is 9.53. The van der Waals surface area contributed by atoms with Gasteiger partial charge in [0.05, 0.1) is 5.75 Å². The summed E-state index contributed by atoms with van der Waals surface area (Å²) in [6, 6.07) is 0. The van der Waals surface area contributed by atoms with Crippen LogP contribution in [-0.4, -0.2) is 28.2 Å². The second kappa shape index (κ2) is 3.70. The first-order valence-corrected chi connectivity index (χ1v) is 3.62. The summed E-state index contributed by atoms with van der Waals surface area (Å²) >= 11 is 0. The van der Waals surface area contributed by atoms with Gasteiger partial charge in [-0.1, -0.05) is 0 Å². The maximum atomic E-state index is 11.9. The molecule has 0 aliphatic rings. The number of aldehydes is 1. The molecule has 0 saturated heterocycles. The second-order valence-electron chi connectivity index (χ2n) is 1.45. The molecule has 0 heterocycles. The number of halogens is 3. The average molecular weight is 174 g/mol. The molecule has 6 heteroatoms. The van der Waals surface area contributed by atoms with Crippen LogP contribution in [0.15, 0.2) is 0 Å². The fourth-order valence-corrected chi connectivity index (χ4v) is 0.734. The molecule has 0 bridgehead atoms. The maximum absolute atomic E-state index is 11.9. The Labute approximate surface area is 57.9 Å². The lowest BCUT2D eigenvalue weighted by Crippen LogP contribution is -2.27. The van der Waals surface area contributed by atoms with Crippen molar-refractivity contribution < 1.29 is 22.2 Å². The van der Waals surface area contributed by atoms with Gasteiger partial charge in [0, 0.05) is 0 Å². The van der Waals surface area contributed by atoms with E-state index in [1.54, 1.807) is 0 Å². The highest BCUT2D eigenvalue weighted by Gasteiger charge is 2.36. The standard InChI is InChI=1S/C4H5F3O2S/c5-3-4(6,7)10(9)2-1-8/h1H,2-3H2. The van der Waals surface area contributed by atoms with Crippen molar-refractivity contribution >= 4 is 17.1 Å². The molecule has 0 N–H and O–H groups in total. The van der Waals surface area contributed by atoms with Crippen LogP contribution < -0.4 is 0 Å². The van der Waals surface area contributed by atoms with Crippen molar-refractivity contribution in [2.75, 3.05) is 12.4 Å². The third-order valence-electron chi connectivity index (χ3n) is 0.708. The highest BCUT2D eigenvalue weighted by atomic mass is 32.2. The minimum atomic E-state index is -3.87. The van der Waals surface area contributed by atoms with Gasteiger partial charge in [-0.05, 0) is 0 Å². The Kier molecular flexibility index (Phi) is 3.55. The van der Waals surface area contributed by atoms with E-state index in [1.807, 2.05) is 0 Å². The molecular weight excluding hydrogens is 169 g/mol. The molecule has 0 spiro atoms. The number of hydrogen-bond donors (Lipinski definition) is 0. The third kappa shape index (κ3) is 2.47. The van der Waals surface area contributed by atoms with E-state index in [2.05, 4.69) is 0 Å². The Bertz CT molecular complexity index is 147. The molecule has 0 aliphatic heterocycles. The van der Waals surface area contributed by atoms with Gasteiger partial charge in [-0.2, -0.15) is 8.78 Å². The molecule has 0 radical (unpaired) electrons. The van der Waals surface area contributed by atoms with Crippen LogP contribution in [0.3, 0.4) is 0 Å². The predicted molar refractivity (Wildman–Crippen MR) is 30.0 cm³/mol. The molecule has 0 aromatic carbocycles. The van der Waals surface area contributed by atoms with Crippen LogP contribution in [0.2, 0.25) is 0 Å². The SMILES string of the molecule is O=CCS(=O)C(F)(F)CF. The van der Waals surface area contributed by atoms with E-state index in [-0.39, 0.29) is 6.29 Å². The zero-order chi connectivity index (χ0) is 8.20. The van der Waals surface area contributed by atoms with Crippen LogP contribution in [-0.2, 0) is 15.6 Å². The van der Waals surface area contributed by atoms with Crippen LogP contribution in [0.1, 0.15) is 0 Å². The van der Waals surface area contributed by atoms with E-state index in [0.717, 1.165) is 0 Å². The summed E-state index contributed by atoms with van der Waals surface area (Å²) in [5.74, 6) is -0.822. The fourth-order valence-electron chi connectivity index (χ4n) is 0.245. The second-order valence-corrected chi connectivity index (χ2v) is 3.07. The summed E-state index contributed by atoms with van der Waals surface area (Å²) in [7, 11) is -2.71. The molecule has 1 unspecified atom stereocenters. The quantitative estimate of drug-likeness (QED) is 0.581. The van der Waals surface area contributed by atoms with E-state index in [4.69, 9.17) is 0 Å². The Morgan fingerprint density at radius 1 is 1.50 bits per heavy atom. The van der Waals surface area contributed by atoms with E-state index < -0.39 is 28.5 Å². The van der Waals surface area contributed by atoms with Gasteiger partial charge in [-0.3, -0.25) is 4.21 Å². The van der Waals surface area contributed by atoms with Crippen LogP contribution in [0, 0.1) is 0 Å². The van der Waals surface area contributed by atoms with Crippen LogP contribution in [0.4, 0.5) is 13.2 Å². The van der Waals surface area contributed by atoms with Gasteiger partial charge >= 0.3 is 5.25 Å². The Morgan fingerprint density at radius 3 is 2.30 bits per heavy atom. The minimum absolute atomic E-state index is 0.0691. The first-order chi connectivity index (χ1) is 4.54. The van der Waals surface area contributed by atoms with Crippen molar-refractivity contribution in [1.82, 2.24) is 0 Å². The zero-order valence-electron chi connectivity index (χ0n) is 4.85. The van der Waals surface area contributed by atoms with Gasteiger partial charge < -0.3 is 4.79 Å². The highest BCUT2D eigenvalue weighted by molar-refractivity contribution is 7.86. The first-order valence-electron chi connectivity index (χ1n) is 2.30. The first kappa shape index (κ1) is 9.61. The van der Waals surface area contributed by atoms with Gasteiger partial charge in [-0.15, -0.1) is 0 Å². The molecule has 10 heavy (non-hydrogen) atoms. The van der Waals surface area contributed by atoms with E-state index in [9.17, 15) is 22.2 Å². The summed E-state index contributed by atoms with van der Waals surface area (Å²) in [5, 5.41) is -3.87. The van der Waals surface area contributed by atoms with E-state index in [0.29, 0.717) is 0 Å². The van der Waals surface area contributed by atoms with Crippen molar-refractivity contribution in [3.63, 3.8) is 0 Å². The number of carbonyl (C=O) groups excluding carboxylic acids is 1. The summed E-state index contributed by atoms with van der Waals surface area (Å²) in [6.45, 7) is -1.99. The van der Waals surface area contributed by atoms with E-state index in [1.165, 1.54) is 0 Å². The Hall–Kier alpha value is -0.390. The third-order valence-corrected chi connectivity index (χ3v) is 1.92. The van der Waals surface area contributed by atoms with Crippen LogP contribution >= 0.6 is 0 Å². The van der Waals surface area contributed by atoms with Crippen molar-refractivity contribution in [2.45, 2.75) is 5.25 Å². The summed E-state index contributed by atoms with van der Waals surface area (Å²) in [5.41, 5.74) is 0.